The molecule has 0 spiro atoms. The van der Waals surface area contributed by atoms with E-state index < -0.39 is 5.60 Å². The van der Waals surface area contributed by atoms with Crippen molar-refractivity contribution in [3.8, 4) is 0 Å². The largest absolute Gasteiger partial charge is 0.444 e. The number of amides is 1. The molecule has 0 aromatic rings. The Morgan fingerprint density at radius 3 is 2.77 bits per heavy atom. The van der Waals surface area contributed by atoms with Gasteiger partial charge in [0.2, 0.25) is 0 Å². The van der Waals surface area contributed by atoms with Gasteiger partial charge in [0.1, 0.15) is 5.60 Å². The average Bonchev–Trinajstić information content (AvgIpc) is 2.45. The number of nitrogens with zero attached hydrogens (tertiary/aromatic N) is 1. The minimum Gasteiger partial charge on any atom is -0.444 e. The number of carbonyl (C=O) groups excluding carboxylic acids is 1. The van der Waals surface area contributed by atoms with Gasteiger partial charge in [0.25, 0.3) is 0 Å². The number of aliphatic hydroxyl groups is 1. The highest BCUT2D eigenvalue weighted by Crippen LogP contribution is 2.19. The number of nitrogens with one attached hydrogen (secondary N) is 1. The molecule has 1 saturated heterocycles. The van der Waals surface area contributed by atoms with Crippen LogP contribution in [0.15, 0.2) is 0 Å². The highest BCUT2D eigenvalue weighted by atomic mass is 16.6. The lowest BCUT2D eigenvalue weighted by atomic mass is 10.0. The van der Waals surface area contributed by atoms with Crippen molar-refractivity contribution in [1.82, 2.24) is 10.2 Å². The van der Waals surface area contributed by atoms with E-state index in [0.29, 0.717) is 13.2 Å². The standard InChI is InChI=1S/C16H32N2O4/c1-16(2,3)22-15(20)18-9-5-4-7-14(18)13-17-8-6-11-21-12-10-19/h14,17,19H,4-13H2,1-3H3. The van der Waals surface area contributed by atoms with Crippen molar-refractivity contribution in [3.05, 3.63) is 0 Å². The predicted octanol–water partition coefficient (Wildman–Crippen LogP) is 1.76. The molecule has 2 N–H and O–H groups in total. The van der Waals surface area contributed by atoms with Crippen molar-refractivity contribution in [2.75, 3.05) is 39.5 Å². The van der Waals surface area contributed by atoms with Crippen molar-refractivity contribution in [1.29, 1.82) is 0 Å². The monoisotopic (exact) mass is 316 g/mol. The van der Waals surface area contributed by atoms with E-state index >= 15 is 0 Å². The fraction of sp³-hybridized carbons (Fsp3) is 0.938. The Morgan fingerprint density at radius 2 is 2.09 bits per heavy atom. The molecule has 0 radical (unpaired) electrons. The Kier molecular flexibility index (Phi) is 8.75. The van der Waals surface area contributed by atoms with Crippen LogP contribution in [0.1, 0.15) is 46.5 Å². The Balaban J connectivity index is 2.28. The maximum Gasteiger partial charge on any atom is 0.410 e. The van der Waals surface area contributed by atoms with Crippen LogP contribution in [0, 0.1) is 0 Å². The number of rotatable bonds is 8. The number of piperidine rings is 1. The molecule has 6 heteroatoms. The number of hydrogen-bond acceptors (Lipinski definition) is 5. The van der Waals surface area contributed by atoms with E-state index in [9.17, 15) is 4.79 Å². The van der Waals surface area contributed by atoms with Crippen LogP contribution in [-0.2, 0) is 9.47 Å². The molecule has 0 aromatic carbocycles. The topological polar surface area (TPSA) is 71.0 Å². The summed E-state index contributed by atoms with van der Waals surface area (Å²) in [6, 6.07) is 0.210. The van der Waals surface area contributed by atoms with Gasteiger partial charge in [-0.05, 0) is 53.0 Å². The molecule has 0 aliphatic carbocycles. The van der Waals surface area contributed by atoms with Crippen LogP contribution in [0.25, 0.3) is 0 Å². The third-order valence-electron chi connectivity index (χ3n) is 3.51. The number of carbonyl (C=O) groups is 1. The molecule has 1 aliphatic heterocycles. The van der Waals surface area contributed by atoms with E-state index in [1.165, 1.54) is 0 Å². The quantitative estimate of drug-likeness (QED) is 0.668. The van der Waals surface area contributed by atoms with Gasteiger partial charge in [0.15, 0.2) is 0 Å². The Morgan fingerprint density at radius 1 is 1.32 bits per heavy atom. The molecule has 1 amide bonds. The summed E-state index contributed by atoms with van der Waals surface area (Å²) in [6.45, 7) is 9.23. The Bertz CT molecular complexity index is 318. The lowest BCUT2D eigenvalue weighted by molar-refractivity contribution is 0.00989. The summed E-state index contributed by atoms with van der Waals surface area (Å²) in [7, 11) is 0. The Hall–Kier alpha value is -0.850. The van der Waals surface area contributed by atoms with Crippen LogP contribution >= 0.6 is 0 Å². The summed E-state index contributed by atoms with van der Waals surface area (Å²) in [6.07, 6.45) is 3.92. The van der Waals surface area contributed by atoms with Crippen LogP contribution in [-0.4, -0.2) is 67.2 Å². The summed E-state index contributed by atoms with van der Waals surface area (Å²) < 4.78 is 10.7. The van der Waals surface area contributed by atoms with E-state index in [-0.39, 0.29) is 18.7 Å². The lowest BCUT2D eigenvalue weighted by Crippen LogP contribution is -2.50. The van der Waals surface area contributed by atoms with E-state index in [1.54, 1.807) is 0 Å². The van der Waals surface area contributed by atoms with Gasteiger partial charge < -0.3 is 24.8 Å². The average molecular weight is 316 g/mol. The SMILES string of the molecule is CC(C)(C)OC(=O)N1CCCCC1CNCCCOCCO. The molecule has 1 heterocycles. The molecule has 22 heavy (non-hydrogen) atoms. The second-order valence-electron chi connectivity index (χ2n) is 6.72. The second kappa shape index (κ2) is 10.0. The van der Waals surface area contributed by atoms with E-state index in [1.807, 2.05) is 25.7 Å². The lowest BCUT2D eigenvalue weighted by Gasteiger charge is -2.37. The molecule has 0 aromatic heterocycles. The summed E-state index contributed by atoms with van der Waals surface area (Å²) >= 11 is 0. The molecule has 1 unspecified atom stereocenters. The van der Waals surface area contributed by atoms with Crippen molar-refractivity contribution in [2.24, 2.45) is 0 Å². The fourth-order valence-corrected chi connectivity index (χ4v) is 2.51. The van der Waals surface area contributed by atoms with Gasteiger partial charge in [-0.1, -0.05) is 0 Å². The van der Waals surface area contributed by atoms with Crippen molar-refractivity contribution in [2.45, 2.75) is 58.1 Å². The summed E-state index contributed by atoms with van der Waals surface area (Å²) in [5.74, 6) is 0. The molecule has 1 rings (SSSR count). The maximum absolute atomic E-state index is 12.3. The Labute approximate surface area is 134 Å². The zero-order chi connectivity index (χ0) is 16.4. The number of likely N-dealkylation sites (tertiary alicyclic amines) is 1. The number of hydrogen-bond donors (Lipinski definition) is 2. The fourth-order valence-electron chi connectivity index (χ4n) is 2.51. The minimum absolute atomic E-state index is 0.0698. The minimum atomic E-state index is -0.448. The highest BCUT2D eigenvalue weighted by Gasteiger charge is 2.29. The van der Waals surface area contributed by atoms with E-state index in [0.717, 1.165) is 45.3 Å². The van der Waals surface area contributed by atoms with Gasteiger partial charge in [-0.25, -0.2) is 4.79 Å². The molecule has 1 atom stereocenters. The summed E-state index contributed by atoms with van der Waals surface area (Å²) in [5.41, 5.74) is -0.448. The van der Waals surface area contributed by atoms with Gasteiger partial charge in [-0.2, -0.15) is 0 Å². The first-order valence-electron chi connectivity index (χ1n) is 8.33. The molecule has 0 bridgehead atoms. The smallest absolute Gasteiger partial charge is 0.410 e. The molecule has 1 aliphatic rings. The first-order valence-corrected chi connectivity index (χ1v) is 8.33. The van der Waals surface area contributed by atoms with Gasteiger partial charge in [0.05, 0.1) is 13.2 Å². The third kappa shape index (κ3) is 7.96. The van der Waals surface area contributed by atoms with Crippen LogP contribution in [0.2, 0.25) is 0 Å². The predicted molar refractivity (Wildman–Crippen MR) is 86.0 cm³/mol. The van der Waals surface area contributed by atoms with Crippen LogP contribution in [0.3, 0.4) is 0 Å². The third-order valence-corrected chi connectivity index (χ3v) is 3.51. The zero-order valence-corrected chi connectivity index (χ0v) is 14.3. The second-order valence-corrected chi connectivity index (χ2v) is 6.72. The van der Waals surface area contributed by atoms with E-state index in [2.05, 4.69) is 5.32 Å². The van der Waals surface area contributed by atoms with Gasteiger partial charge >= 0.3 is 6.09 Å². The molecule has 1 fully saturated rings. The van der Waals surface area contributed by atoms with Crippen LogP contribution < -0.4 is 5.32 Å². The number of aliphatic hydroxyl groups excluding tert-OH is 1. The molecule has 0 saturated carbocycles. The first kappa shape index (κ1) is 19.2. The summed E-state index contributed by atoms with van der Waals surface area (Å²) in [5, 5.41) is 12.0. The van der Waals surface area contributed by atoms with Crippen molar-refractivity contribution in [3.63, 3.8) is 0 Å². The maximum atomic E-state index is 12.3. The summed E-state index contributed by atoms with van der Waals surface area (Å²) in [4.78, 5) is 14.1. The molecular weight excluding hydrogens is 284 g/mol. The van der Waals surface area contributed by atoms with E-state index in [4.69, 9.17) is 14.6 Å². The van der Waals surface area contributed by atoms with Crippen LogP contribution in [0.5, 0.6) is 0 Å². The molecule has 130 valence electrons. The zero-order valence-electron chi connectivity index (χ0n) is 14.3. The van der Waals surface area contributed by atoms with Crippen molar-refractivity contribution < 1.29 is 19.4 Å². The molecule has 6 nitrogen and oxygen atoms in total. The normalized spacial score (nSPS) is 19.3. The van der Waals surface area contributed by atoms with Crippen LogP contribution in [0.4, 0.5) is 4.79 Å². The van der Waals surface area contributed by atoms with Gasteiger partial charge in [0, 0.05) is 25.7 Å². The molecular formula is C16H32N2O4. The van der Waals surface area contributed by atoms with Crippen molar-refractivity contribution >= 4 is 6.09 Å². The number of ether oxygens (including phenoxy) is 2. The van der Waals surface area contributed by atoms with Gasteiger partial charge in [-0.15, -0.1) is 0 Å². The highest BCUT2D eigenvalue weighted by molar-refractivity contribution is 5.68. The van der Waals surface area contributed by atoms with Gasteiger partial charge in [-0.3, -0.25) is 0 Å². The first-order chi connectivity index (χ1) is 10.4.